The quantitative estimate of drug-likeness (QED) is 0.823. The number of rotatable bonds is 5. The highest BCUT2D eigenvalue weighted by atomic mass is 32.1. The summed E-state index contributed by atoms with van der Waals surface area (Å²) in [4.78, 5) is 16.4. The number of anilines is 2. The maximum Gasteiger partial charge on any atom is 0.245 e. The Morgan fingerprint density at radius 3 is 2.85 bits per heavy atom. The van der Waals surface area contributed by atoms with Gasteiger partial charge in [-0.3, -0.25) is 4.79 Å². The molecule has 106 valence electrons. The third-order valence-corrected chi connectivity index (χ3v) is 4.54. The standard InChI is InChI=1S/C13H16N4O2S/c1-6(18)12-11(14)10(8-3-4-8)13(20-12)15-5-9-16-7(2)17-19-9/h8,15H,3-5,14H2,1-2H3. The maximum absolute atomic E-state index is 11.6. The lowest BCUT2D eigenvalue weighted by molar-refractivity contribution is 0.102. The predicted molar refractivity (Wildman–Crippen MR) is 77.1 cm³/mol. The number of carbonyl (C=O) groups excluding carboxylic acids is 1. The molecule has 0 saturated heterocycles. The average molecular weight is 292 g/mol. The van der Waals surface area contributed by atoms with Crippen LogP contribution in [-0.4, -0.2) is 15.9 Å². The smallest absolute Gasteiger partial charge is 0.245 e. The van der Waals surface area contributed by atoms with Crippen molar-refractivity contribution < 1.29 is 9.32 Å². The molecule has 1 aliphatic carbocycles. The summed E-state index contributed by atoms with van der Waals surface area (Å²) < 4.78 is 5.07. The Kier molecular flexibility index (Phi) is 3.21. The zero-order valence-corrected chi connectivity index (χ0v) is 12.2. The zero-order chi connectivity index (χ0) is 14.3. The van der Waals surface area contributed by atoms with E-state index in [0.717, 1.165) is 23.4 Å². The van der Waals surface area contributed by atoms with Crippen molar-refractivity contribution in [3.05, 3.63) is 22.2 Å². The van der Waals surface area contributed by atoms with Crippen LogP contribution >= 0.6 is 11.3 Å². The van der Waals surface area contributed by atoms with Crippen LogP contribution in [-0.2, 0) is 6.54 Å². The molecule has 0 aliphatic heterocycles. The van der Waals surface area contributed by atoms with Gasteiger partial charge in [0.1, 0.15) is 0 Å². The minimum atomic E-state index is 0.0103. The largest absolute Gasteiger partial charge is 0.397 e. The van der Waals surface area contributed by atoms with E-state index < -0.39 is 0 Å². The fraction of sp³-hybridized carbons (Fsp3) is 0.462. The number of carbonyl (C=O) groups is 1. The molecule has 0 aromatic carbocycles. The predicted octanol–water partition coefficient (Wildman–Crippen LogP) is 2.71. The summed E-state index contributed by atoms with van der Waals surface area (Å²) in [6.07, 6.45) is 2.26. The molecule has 0 unspecified atom stereocenters. The van der Waals surface area contributed by atoms with Gasteiger partial charge in [0.05, 0.1) is 22.1 Å². The third-order valence-electron chi connectivity index (χ3n) is 3.26. The first-order valence-electron chi connectivity index (χ1n) is 6.52. The molecule has 1 saturated carbocycles. The normalized spacial score (nSPS) is 14.5. The monoisotopic (exact) mass is 292 g/mol. The lowest BCUT2D eigenvalue weighted by Gasteiger charge is -2.04. The number of ketones is 1. The van der Waals surface area contributed by atoms with Crippen LogP contribution in [0.1, 0.15) is 52.6 Å². The van der Waals surface area contributed by atoms with Gasteiger partial charge in [-0.05, 0) is 25.7 Å². The van der Waals surface area contributed by atoms with Crippen LogP contribution < -0.4 is 11.1 Å². The number of hydrogen-bond acceptors (Lipinski definition) is 7. The first kappa shape index (κ1) is 13.1. The minimum absolute atomic E-state index is 0.0103. The van der Waals surface area contributed by atoms with Crippen LogP contribution in [0.3, 0.4) is 0 Å². The molecule has 2 aromatic heterocycles. The van der Waals surface area contributed by atoms with E-state index in [0.29, 0.717) is 34.7 Å². The molecule has 0 radical (unpaired) electrons. The highest BCUT2D eigenvalue weighted by Crippen LogP contribution is 2.50. The second-order valence-corrected chi connectivity index (χ2v) is 6.03. The Morgan fingerprint density at radius 2 is 2.30 bits per heavy atom. The van der Waals surface area contributed by atoms with Crippen LogP contribution in [0.25, 0.3) is 0 Å². The van der Waals surface area contributed by atoms with Gasteiger partial charge in [-0.25, -0.2) is 0 Å². The fourth-order valence-corrected chi connectivity index (χ4v) is 3.29. The molecule has 7 heteroatoms. The number of nitrogens with one attached hydrogen (secondary N) is 1. The first-order chi connectivity index (χ1) is 9.56. The van der Waals surface area contributed by atoms with Gasteiger partial charge in [0.2, 0.25) is 5.89 Å². The van der Waals surface area contributed by atoms with E-state index >= 15 is 0 Å². The molecule has 3 rings (SSSR count). The van der Waals surface area contributed by atoms with Crippen LogP contribution in [0.5, 0.6) is 0 Å². The van der Waals surface area contributed by atoms with E-state index in [4.69, 9.17) is 10.3 Å². The first-order valence-corrected chi connectivity index (χ1v) is 7.34. The van der Waals surface area contributed by atoms with Crippen molar-refractivity contribution in [2.45, 2.75) is 39.2 Å². The molecule has 2 aromatic rings. The number of nitrogen functional groups attached to an aromatic ring is 1. The Balaban J connectivity index is 1.84. The van der Waals surface area contributed by atoms with Crippen molar-refractivity contribution in [2.75, 3.05) is 11.1 Å². The molecule has 0 amide bonds. The molecule has 2 heterocycles. The second kappa shape index (κ2) is 4.90. The summed E-state index contributed by atoms with van der Waals surface area (Å²) >= 11 is 1.41. The van der Waals surface area contributed by atoms with Crippen LogP contribution in [0.2, 0.25) is 0 Å². The minimum Gasteiger partial charge on any atom is -0.397 e. The number of thiophene rings is 1. The summed E-state index contributed by atoms with van der Waals surface area (Å²) in [5, 5.41) is 7.97. The van der Waals surface area contributed by atoms with E-state index in [1.165, 1.54) is 11.3 Å². The molecule has 6 nitrogen and oxygen atoms in total. The maximum atomic E-state index is 11.6. The third kappa shape index (κ3) is 2.40. The Morgan fingerprint density at radius 1 is 1.55 bits per heavy atom. The SMILES string of the molecule is CC(=O)c1sc(NCc2nc(C)no2)c(C2CC2)c1N. The van der Waals surface area contributed by atoms with Gasteiger partial charge in [0.15, 0.2) is 11.6 Å². The average Bonchev–Trinajstić information content (AvgIpc) is 3.05. The molecular weight excluding hydrogens is 276 g/mol. The summed E-state index contributed by atoms with van der Waals surface area (Å²) in [6, 6.07) is 0. The van der Waals surface area contributed by atoms with Gasteiger partial charge in [-0.1, -0.05) is 5.16 Å². The summed E-state index contributed by atoms with van der Waals surface area (Å²) in [5.74, 6) is 1.63. The van der Waals surface area contributed by atoms with Crippen LogP contribution in [0, 0.1) is 6.92 Å². The van der Waals surface area contributed by atoms with Crippen molar-refractivity contribution in [3.63, 3.8) is 0 Å². The van der Waals surface area contributed by atoms with Crippen LogP contribution in [0.15, 0.2) is 4.52 Å². The number of Topliss-reactive ketones (excluding diaryl/α,β-unsaturated/α-hetero) is 1. The van der Waals surface area contributed by atoms with E-state index in [1.807, 2.05) is 0 Å². The lowest BCUT2D eigenvalue weighted by atomic mass is 10.1. The van der Waals surface area contributed by atoms with E-state index in [2.05, 4.69) is 15.5 Å². The van der Waals surface area contributed by atoms with Gasteiger partial charge in [0.25, 0.3) is 0 Å². The molecule has 1 fully saturated rings. The van der Waals surface area contributed by atoms with Crippen LogP contribution in [0.4, 0.5) is 10.7 Å². The topological polar surface area (TPSA) is 94.0 Å². The van der Waals surface area contributed by atoms with Gasteiger partial charge in [-0.2, -0.15) is 4.98 Å². The van der Waals surface area contributed by atoms with Gasteiger partial charge in [-0.15, -0.1) is 11.3 Å². The number of hydrogen-bond donors (Lipinski definition) is 2. The molecule has 0 spiro atoms. The highest BCUT2D eigenvalue weighted by molar-refractivity contribution is 7.18. The number of aryl methyl sites for hydroxylation is 1. The number of nitrogens with zero attached hydrogens (tertiary/aromatic N) is 2. The van der Waals surface area contributed by atoms with Crippen molar-refractivity contribution in [1.82, 2.24) is 10.1 Å². The fourth-order valence-electron chi connectivity index (χ4n) is 2.19. The summed E-state index contributed by atoms with van der Waals surface area (Å²) in [5.41, 5.74) is 7.83. The van der Waals surface area contributed by atoms with Crippen molar-refractivity contribution in [2.24, 2.45) is 0 Å². The summed E-state index contributed by atoms with van der Waals surface area (Å²) in [6.45, 7) is 3.77. The molecule has 1 aliphatic rings. The molecular formula is C13H16N4O2S. The van der Waals surface area contributed by atoms with E-state index in [9.17, 15) is 4.79 Å². The highest BCUT2D eigenvalue weighted by Gasteiger charge is 2.32. The molecule has 0 bridgehead atoms. The molecule has 3 N–H and O–H groups in total. The Hall–Kier alpha value is -1.89. The Labute approximate surface area is 120 Å². The Bertz CT molecular complexity index is 657. The van der Waals surface area contributed by atoms with Gasteiger partial charge >= 0.3 is 0 Å². The van der Waals surface area contributed by atoms with E-state index in [-0.39, 0.29) is 5.78 Å². The van der Waals surface area contributed by atoms with Crippen molar-refractivity contribution in [3.8, 4) is 0 Å². The van der Waals surface area contributed by atoms with E-state index in [1.54, 1.807) is 13.8 Å². The zero-order valence-electron chi connectivity index (χ0n) is 11.4. The number of aromatic nitrogens is 2. The van der Waals surface area contributed by atoms with Gasteiger partial charge in [0, 0.05) is 12.5 Å². The van der Waals surface area contributed by atoms with Crippen molar-refractivity contribution >= 4 is 27.8 Å². The number of nitrogens with two attached hydrogens (primary N) is 1. The lowest BCUT2D eigenvalue weighted by Crippen LogP contribution is -2.01. The second-order valence-electron chi connectivity index (χ2n) is 5.01. The van der Waals surface area contributed by atoms with Crippen molar-refractivity contribution in [1.29, 1.82) is 0 Å². The molecule has 20 heavy (non-hydrogen) atoms. The molecule has 0 atom stereocenters. The summed E-state index contributed by atoms with van der Waals surface area (Å²) in [7, 11) is 0. The van der Waals surface area contributed by atoms with Gasteiger partial charge < -0.3 is 15.6 Å².